The van der Waals surface area contributed by atoms with Gasteiger partial charge in [-0.25, -0.2) is 13.8 Å². The van der Waals surface area contributed by atoms with Crippen molar-refractivity contribution in [1.82, 2.24) is 9.71 Å². The third-order valence-corrected chi connectivity index (χ3v) is 8.59. The normalized spacial score (nSPS) is 20.2. The molecule has 1 saturated carbocycles. The minimum atomic E-state index is -2.64. The van der Waals surface area contributed by atoms with E-state index < -0.39 is 5.92 Å². The molecule has 0 atom stereocenters. The van der Waals surface area contributed by atoms with Gasteiger partial charge in [-0.05, 0) is 85.9 Å². The first-order valence-corrected chi connectivity index (χ1v) is 13.9. The molecule has 3 heterocycles. The maximum atomic E-state index is 13.6. The molecule has 1 aromatic carbocycles. The third kappa shape index (κ3) is 6.35. The zero-order chi connectivity index (χ0) is 26.0. The number of aliphatic hydroxyl groups excluding tert-OH is 1. The summed E-state index contributed by atoms with van der Waals surface area (Å²) >= 11 is 1.46. The number of aromatic nitrogens is 1. The molecule has 200 valence electrons. The Balaban J connectivity index is 1.35. The number of rotatable bonds is 8. The fourth-order valence-corrected chi connectivity index (χ4v) is 5.86. The van der Waals surface area contributed by atoms with Crippen LogP contribution in [-0.2, 0) is 0 Å². The van der Waals surface area contributed by atoms with Crippen molar-refractivity contribution in [2.24, 2.45) is 5.41 Å². The van der Waals surface area contributed by atoms with E-state index in [1.54, 1.807) is 6.07 Å². The number of amides is 1. The number of piperidine rings is 2. The second-order valence-corrected chi connectivity index (χ2v) is 11.5. The smallest absolute Gasteiger partial charge is 0.274 e. The van der Waals surface area contributed by atoms with Gasteiger partial charge >= 0.3 is 0 Å². The molecule has 2 saturated heterocycles. The fourth-order valence-electron chi connectivity index (χ4n) is 5.20. The van der Waals surface area contributed by atoms with Gasteiger partial charge in [0.1, 0.15) is 11.5 Å². The van der Waals surface area contributed by atoms with Crippen molar-refractivity contribution in [1.29, 1.82) is 0 Å². The minimum Gasteiger partial charge on any atom is -0.395 e. The van der Waals surface area contributed by atoms with Crippen molar-refractivity contribution >= 4 is 35.0 Å². The molecule has 7 nitrogen and oxygen atoms in total. The van der Waals surface area contributed by atoms with Crippen LogP contribution in [0, 0.1) is 12.3 Å². The number of carbonyl (C=O) groups is 1. The zero-order valence-electron chi connectivity index (χ0n) is 21.2. The van der Waals surface area contributed by atoms with E-state index in [1.165, 1.54) is 24.8 Å². The average molecular weight is 532 g/mol. The maximum Gasteiger partial charge on any atom is 0.274 e. The number of benzene rings is 1. The fraction of sp³-hybridized carbons (Fsp3) is 0.556. The van der Waals surface area contributed by atoms with Crippen molar-refractivity contribution < 1.29 is 18.7 Å². The van der Waals surface area contributed by atoms with Gasteiger partial charge in [-0.1, -0.05) is 0 Å². The van der Waals surface area contributed by atoms with E-state index in [4.69, 9.17) is 5.11 Å². The molecule has 10 heteroatoms. The van der Waals surface area contributed by atoms with Crippen LogP contribution in [0.1, 0.15) is 54.6 Å². The van der Waals surface area contributed by atoms with Crippen molar-refractivity contribution in [3.63, 3.8) is 0 Å². The van der Waals surface area contributed by atoms with Crippen LogP contribution < -0.4 is 19.8 Å². The number of hydrogen-bond acceptors (Lipinski definition) is 7. The summed E-state index contributed by atoms with van der Waals surface area (Å²) in [6.45, 7) is 4.77. The summed E-state index contributed by atoms with van der Waals surface area (Å²) in [7, 11) is 0. The summed E-state index contributed by atoms with van der Waals surface area (Å²) in [4.78, 5) is 23.1. The number of alkyl halides is 2. The molecule has 0 radical (unpaired) electrons. The number of nitrogens with zero attached hydrogens (tertiary/aromatic N) is 3. The second-order valence-electron chi connectivity index (χ2n) is 10.6. The Bertz CT molecular complexity index is 1120. The average Bonchev–Trinajstić information content (AvgIpc) is 3.63. The minimum absolute atomic E-state index is 0.0630. The Morgan fingerprint density at radius 3 is 2.41 bits per heavy atom. The van der Waals surface area contributed by atoms with Crippen LogP contribution in [0.25, 0.3) is 0 Å². The quantitative estimate of drug-likeness (QED) is 0.332. The van der Waals surface area contributed by atoms with Gasteiger partial charge in [0, 0.05) is 50.5 Å². The first-order valence-electron chi connectivity index (χ1n) is 13.1. The van der Waals surface area contributed by atoms with E-state index >= 15 is 0 Å². The third-order valence-electron chi connectivity index (χ3n) is 7.75. The number of aryl methyl sites for hydroxylation is 1. The van der Waals surface area contributed by atoms with Crippen LogP contribution >= 0.6 is 11.9 Å². The number of carbonyl (C=O) groups excluding carboxylic acids is 1. The number of nitrogens with one attached hydrogen (secondary N) is 2. The lowest BCUT2D eigenvalue weighted by Crippen LogP contribution is -2.40. The zero-order valence-corrected chi connectivity index (χ0v) is 22.0. The predicted molar refractivity (Wildman–Crippen MR) is 144 cm³/mol. The molecule has 3 aliphatic rings. The molecular weight excluding hydrogens is 496 g/mol. The van der Waals surface area contributed by atoms with Crippen LogP contribution in [0.3, 0.4) is 0 Å². The summed E-state index contributed by atoms with van der Waals surface area (Å²) in [6.07, 6.45) is 4.56. The molecule has 1 amide bonds. The molecule has 37 heavy (non-hydrogen) atoms. The van der Waals surface area contributed by atoms with E-state index in [2.05, 4.69) is 26.0 Å². The van der Waals surface area contributed by atoms with E-state index in [9.17, 15) is 13.6 Å². The molecule has 3 N–H and O–H groups in total. The molecule has 3 fully saturated rings. The lowest BCUT2D eigenvalue weighted by Gasteiger charge is -2.35. The molecule has 0 unspecified atom stereocenters. The molecule has 1 aromatic heterocycles. The van der Waals surface area contributed by atoms with Crippen molar-refractivity contribution in [3.05, 3.63) is 41.6 Å². The highest BCUT2D eigenvalue weighted by molar-refractivity contribution is 7.97. The highest BCUT2D eigenvalue weighted by Crippen LogP contribution is 2.54. The molecule has 0 bridgehead atoms. The maximum absolute atomic E-state index is 13.6. The van der Waals surface area contributed by atoms with Gasteiger partial charge in [0.25, 0.3) is 11.8 Å². The van der Waals surface area contributed by atoms with Gasteiger partial charge in [0.05, 0.1) is 18.0 Å². The Hall–Kier alpha value is -2.43. The van der Waals surface area contributed by atoms with Crippen LogP contribution in [0.4, 0.5) is 26.0 Å². The van der Waals surface area contributed by atoms with Gasteiger partial charge in [-0.3, -0.25) is 9.52 Å². The molecule has 2 aromatic rings. The van der Waals surface area contributed by atoms with Crippen molar-refractivity contribution in [2.45, 2.75) is 56.3 Å². The Morgan fingerprint density at radius 2 is 1.73 bits per heavy atom. The number of pyridine rings is 1. The first kappa shape index (κ1) is 26.2. The highest BCUT2D eigenvalue weighted by Gasteiger charge is 2.44. The van der Waals surface area contributed by atoms with E-state index in [0.717, 1.165) is 47.8 Å². The summed E-state index contributed by atoms with van der Waals surface area (Å²) in [6, 6.07) is 9.53. The largest absolute Gasteiger partial charge is 0.395 e. The van der Waals surface area contributed by atoms with Crippen LogP contribution in [0.5, 0.6) is 0 Å². The van der Waals surface area contributed by atoms with Crippen molar-refractivity contribution in [2.75, 3.05) is 54.4 Å². The van der Waals surface area contributed by atoms with Gasteiger partial charge in [-0.2, -0.15) is 0 Å². The topological polar surface area (TPSA) is 80.7 Å². The summed E-state index contributed by atoms with van der Waals surface area (Å²) in [5.41, 5.74) is 3.38. The van der Waals surface area contributed by atoms with Gasteiger partial charge in [0.2, 0.25) is 0 Å². The standard InChI is InChI=1S/C27H35F2N5O2S/c1-19-16-22(31-24(17-19)34-13-8-27(28,29)9-14-34)25(36)32-21-3-2-20(37-30-10-15-35)18-23(21)33-11-6-26(4-5-26)7-12-33/h2-3,16-18,30,35H,4-15H2,1H3,(H,32,36). The SMILES string of the molecule is Cc1cc(C(=O)Nc2ccc(SNCCO)cc2N2CCC3(CC2)CC3)nc(N2CCC(F)(F)CC2)c1. The Morgan fingerprint density at radius 1 is 1.03 bits per heavy atom. The van der Waals surface area contributed by atoms with E-state index in [-0.39, 0.29) is 44.1 Å². The molecule has 5 rings (SSSR count). The van der Waals surface area contributed by atoms with Gasteiger partial charge < -0.3 is 20.2 Å². The van der Waals surface area contributed by atoms with Gasteiger partial charge in [0.15, 0.2) is 0 Å². The lowest BCUT2D eigenvalue weighted by atomic mass is 9.93. The summed E-state index contributed by atoms with van der Waals surface area (Å²) in [5, 5.41) is 12.2. The number of hydrogen-bond donors (Lipinski definition) is 3. The summed E-state index contributed by atoms with van der Waals surface area (Å²) < 4.78 is 30.4. The van der Waals surface area contributed by atoms with Crippen LogP contribution in [0.15, 0.2) is 35.2 Å². The second kappa shape index (κ2) is 10.7. The van der Waals surface area contributed by atoms with E-state index in [0.29, 0.717) is 17.8 Å². The van der Waals surface area contributed by atoms with Crippen molar-refractivity contribution in [3.8, 4) is 0 Å². The number of aliphatic hydroxyl groups is 1. The highest BCUT2D eigenvalue weighted by atomic mass is 32.2. The monoisotopic (exact) mass is 531 g/mol. The molecule has 1 aliphatic carbocycles. The van der Waals surface area contributed by atoms with Gasteiger partial charge in [-0.15, -0.1) is 0 Å². The number of anilines is 3. The lowest BCUT2D eigenvalue weighted by molar-refractivity contribution is -0.0221. The van der Waals surface area contributed by atoms with Crippen LogP contribution in [0.2, 0.25) is 0 Å². The first-order chi connectivity index (χ1) is 17.8. The Kier molecular flexibility index (Phi) is 7.60. The summed E-state index contributed by atoms with van der Waals surface area (Å²) in [5.74, 6) is -2.39. The number of halogens is 2. The molecular formula is C27H35F2N5O2S. The molecule has 1 spiro atoms. The van der Waals surface area contributed by atoms with E-state index in [1.807, 2.05) is 30.0 Å². The predicted octanol–water partition coefficient (Wildman–Crippen LogP) is 4.85. The Labute approximate surface area is 221 Å². The molecule has 2 aliphatic heterocycles. The van der Waals surface area contributed by atoms with Crippen LogP contribution in [-0.4, -0.2) is 61.3 Å².